The molecule has 0 N–H and O–H groups in total. The van der Waals surface area contributed by atoms with Crippen LogP contribution in [0, 0.1) is 0 Å². The van der Waals surface area contributed by atoms with E-state index in [1.165, 1.54) is 114 Å². The minimum Gasteiger partial charge on any atom is -0.309 e. The molecule has 0 unspecified atom stereocenters. The van der Waals surface area contributed by atoms with Crippen molar-refractivity contribution in [3.63, 3.8) is 0 Å². The van der Waals surface area contributed by atoms with Crippen LogP contribution in [0.4, 0.5) is 17.1 Å². The molecule has 0 radical (unpaired) electrons. The summed E-state index contributed by atoms with van der Waals surface area (Å²) >= 11 is 1.97. The van der Waals surface area contributed by atoms with Gasteiger partial charge in [-0.2, -0.15) is 0 Å². The molecule has 2 heterocycles. The number of fused-ring (bicyclic) bond motifs is 16. The van der Waals surface area contributed by atoms with E-state index in [0.717, 1.165) is 29.9 Å². The van der Waals surface area contributed by atoms with Crippen LogP contribution in [-0.4, -0.2) is 4.57 Å². The zero-order chi connectivity index (χ0) is 41.7. The van der Waals surface area contributed by atoms with Gasteiger partial charge in [-0.05, 0) is 122 Å². The minimum atomic E-state index is -0.439. The van der Waals surface area contributed by atoms with E-state index in [1.807, 2.05) is 11.3 Å². The van der Waals surface area contributed by atoms with Gasteiger partial charge >= 0.3 is 0 Å². The summed E-state index contributed by atoms with van der Waals surface area (Å²) in [5, 5.41) is 8.04. The smallest absolute Gasteiger partial charge is 0.0726 e. The van der Waals surface area contributed by atoms with Crippen LogP contribution in [0.5, 0.6) is 0 Å². The van der Waals surface area contributed by atoms with Crippen LogP contribution >= 0.6 is 11.3 Å². The number of hydrogen-bond acceptors (Lipinski definition) is 2. The van der Waals surface area contributed by atoms with E-state index in [-0.39, 0.29) is 0 Å². The quantitative estimate of drug-likeness (QED) is 0.172. The molecule has 12 aromatic rings. The lowest BCUT2D eigenvalue weighted by atomic mass is 9.61. The van der Waals surface area contributed by atoms with Crippen molar-refractivity contribution < 1.29 is 0 Å². The Labute approximate surface area is 374 Å². The third kappa shape index (κ3) is 4.35. The van der Waals surface area contributed by atoms with Gasteiger partial charge < -0.3 is 9.47 Å². The lowest BCUT2D eigenvalue weighted by Gasteiger charge is -2.40. The minimum absolute atomic E-state index is 0.439. The van der Waals surface area contributed by atoms with E-state index < -0.39 is 5.41 Å². The van der Waals surface area contributed by atoms with Crippen molar-refractivity contribution in [1.82, 2.24) is 4.57 Å². The van der Waals surface area contributed by atoms with Crippen molar-refractivity contribution in [2.24, 2.45) is 0 Å². The fourth-order valence-electron chi connectivity index (χ4n) is 12.4. The molecule has 10 aromatic carbocycles. The molecular weight excluding hydrogens is 793 g/mol. The van der Waals surface area contributed by atoms with E-state index in [2.05, 4.69) is 216 Å². The molecule has 0 aliphatic heterocycles. The molecule has 0 atom stereocenters. The summed E-state index contributed by atoms with van der Waals surface area (Å²) in [5.41, 5.74) is 20.6. The highest BCUT2D eigenvalue weighted by molar-refractivity contribution is 7.27. The van der Waals surface area contributed by atoms with Gasteiger partial charge in [-0.25, -0.2) is 0 Å². The highest BCUT2D eigenvalue weighted by Crippen LogP contribution is 2.64. The molecule has 15 rings (SSSR count). The summed E-state index contributed by atoms with van der Waals surface area (Å²) in [5.74, 6) is 0. The average Bonchev–Trinajstić information content (AvgIpc) is 4.12. The SMILES string of the molecule is c1ccc(N(c2ccc3c4ccccc4n(-c4ccccc4)c3c2)c2cccc3c2sc2c4c(ccc23)C2(c3ccccc3-c3ccccc32)c2ccc3c5c(ccc-4c25)CC3)cc1. The van der Waals surface area contributed by atoms with Crippen LogP contribution in [-0.2, 0) is 18.3 Å². The molecule has 0 saturated carbocycles. The maximum absolute atomic E-state index is 2.50. The summed E-state index contributed by atoms with van der Waals surface area (Å²) in [4.78, 5) is 2.48. The third-order valence-electron chi connectivity index (χ3n) is 14.9. The number of aryl methyl sites for hydroxylation is 2. The molecule has 2 aromatic heterocycles. The Balaban J connectivity index is 1.04. The molecule has 3 aliphatic rings. The predicted octanol–water partition coefficient (Wildman–Crippen LogP) is 16.2. The van der Waals surface area contributed by atoms with Crippen molar-refractivity contribution in [2.75, 3.05) is 4.90 Å². The largest absolute Gasteiger partial charge is 0.309 e. The normalized spacial score (nSPS) is 13.9. The number of aromatic nitrogens is 1. The Morgan fingerprint density at radius 3 is 1.83 bits per heavy atom. The lowest BCUT2D eigenvalue weighted by Crippen LogP contribution is -2.32. The first-order valence-corrected chi connectivity index (χ1v) is 23.3. The van der Waals surface area contributed by atoms with Crippen LogP contribution in [0.25, 0.3) is 80.7 Å². The van der Waals surface area contributed by atoms with Crippen LogP contribution in [0.15, 0.2) is 206 Å². The number of anilines is 3. The van der Waals surface area contributed by atoms with Crippen LogP contribution in [0.2, 0.25) is 0 Å². The van der Waals surface area contributed by atoms with E-state index >= 15 is 0 Å². The van der Waals surface area contributed by atoms with E-state index in [0.29, 0.717) is 0 Å². The molecule has 0 saturated heterocycles. The molecule has 298 valence electrons. The molecule has 0 fully saturated rings. The van der Waals surface area contributed by atoms with E-state index in [4.69, 9.17) is 0 Å². The molecule has 3 aliphatic carbocycles. The molecule has 0 bridgehead atoms. The van der Waals surface area contributed by atoms with Crippen LogP contribution in [0.1, 0.15) is 33.4 Å². The van der Waals surface area contributed by atoms with Crippen LogP contribution < -0.4 is 4.90 Å². The standard InChI is InChI=1S/C61H38N2S/c1-3-14-39(15-4-1)62(41-30-32-45-44-20-9-12-24-53(44)63(55(45)36-41)40-16-5-2-6-17-40)54-25-13-21-46-47-33-35-52-58(60(47)64-59(46)54)48-31-28-37-26-27-38-29-34-51(57(48)56(37)38)61(52)49-22-10-7-18-42(49)43-19-8-11-23-50(43)61/h1-25,28-36H,26-27H2. The Hall–Kier alpha value is -7.72. The Bertz CT molecular complexity index is 3910. The Morgan fingerprint density at radius 2 is 1.03 bits per heavy atom. The molecule has 1 spiro atoms. The van der Waals surface area contributed by atoms with Crippen molar-refractivity contribution >= 4 is 81.1 Å². The van der Waals surface area contributed by atoms with Crippen molar-refractivity contribution in [3.05, 3.63) is 240 Å². The Kier molecular flexibility index (Phi) is 6.91. The molecular formula is C61H38N2S. The summed E-state index contributed by atoms with van der Waals surface area (Å²) in [6, 6.07) is 77.7. The van der Waals surface area contributed by atoms with Gasteiger partial charge in [-0.3, -0.25) is 0 Å². The zero-order valence-electron chi connectivity index (χ0n) is 34.8. The second kappa shape index (κ2) is 12.7. The number of hydrogen-bond donors (Lipinski definition) is 0. The van der Waals surface area contributed by atoms with Crippen LogP contribution in [0.3, 0.4) is 0 Å². The van der Waals surface area contributed by atoms with Gasteiger partial charge in [0.1, 0.15) is 0 Å². The fourth-order valence-corrected chi connectivity index (χ4v) is 13.7. The summed E-state index contributed by atoms with van der Waals surface area (Å²) in [7, 11) is 0. The molecule has 0 amide bonds. The fraction of sp³-hybridized carbons (Fsp3) is 0.0492. The van der Waals surface area contributed by atoms with Gasteiger partial charge in [0.05, 0.1) is 26.8 Å². The molecule has 3 heteroatoms. The topological polar surface area (TPSA) is 8.17 Å². The highest BCUT2D eigenvalue weighted by atomic mass is 32.1. The first kappa shape index (κ1) is 34.8. The average molecular weight is 831 g/mol. The maximum Gasteiger partial charge on any atom is 0.0726 e. The second-order valence-electron chi connectivity index (χ2n) is 17.8. The number of nitrogens with zero attached hydrogens (tertiary/aromatic N) is 2. The number of thiophene rings is 1. The number of para-hydroxylation sites is 3. The molecule has 64 heavy (non-hydrogen) atoms. The zero-order valence-corrected chi connectivity index (χ0v) is 35.7. The lowest BCUT2D eigenvalue weighted by molar-refractivity contribution is 0.775. The van der Waals surface area contributed by atoms with E-state index in [1.54, 1.807) is 0 Å². The highest BCUT2D eigenvalue weighted by Gasteiger charge is 2.51. The summed E-state index contributed by atoms with van der Waals surface area (Å²) < 4.78 is 5.07. The number of rotatable bonds is 4. The monoisotopic (exact) mass is 830 g/mol. The second-order valence-corrected chi connectivity index (χ2v) is 18.8. The first-order chi connectivity index (χ1) is 31.8. The molecule has 2 nitrogen and oxygen atoms in total. The summed E-state index contributed by atoms with van der Waals surface area (Å²) in [6.45, 7) is 0. The van der Waals surface area contributed by atoms with Crippen molar-refractivity contribution in [3.8, 4) is 27.9 Å². The van der Waals surface area contributed by atoms with Gasteiger partial charge in [0, 0.05) is 48.9 Å². The van der Waals surface area contributed by atoms with Gasteiger partial charge in [0.15, 0.2) is 0 Å². The Morgan fingerprint density at radius 1 is 0.406 bits per heavy atom. The summed E-state index contributed by atoms with van der Waals surface area (Å²) in [6.07, 6.45) is 2.21. The van der Waals surface area contributed by atoms with E-state index in [9.17, 15) is 0 Å². The van der Waals surface area contributed by atoms with Crippen molar-refractivity contribution in [1.29, 1.82) is 0 Å². The third-order valence-corrected chi connectivity index (χ3v) is 16.1. The number of benzene rings is 10. The van der Waals surface area contributed by atoms with Gasteiger partial charge in [-0.15, -0.1) is 11.3 Å². The van der Waals surface area contributed by atoms with Gasteiger partial charge in [0.25, 0.3) is 0 Å². The van der Waals surface area contributed by atoms with Crippen molar-refractivity contribution in [2.45, 2.75) is 18.3 Å². The first-order valence-electron chi connectivity index (χ1n) is 22.5. The predicted molar refractivity (Wildman–Crippen MR) is 270 cm³/mol. The maximum atomic E-state index is 2.50. The van der Waals surface area contributed by atoms with Gasteiger partial charge in [0.2, 0.25) is 0 Å². The van der Waals surface area contributed by atoms with Gasteiger partial charge in [-0.1, -0.05) is 158 Å².